The second kappa shape index (κ2) is 8.82. The fourth-order valence-electron chi connectivity index (χ4n) is 1.22. The van der Waals surface area contributed by atoms with E-state index in [9.17, 15) is 14.4 Å². The van der Waals surface area contributed by atoms with Crippen LogP contribution in [-0.4, -0.2) is 53.8 Å². The Balaban J connectivity index is 4.21. The summed E-state index contributed by atoms with van der Waals surface area (Å²) < 4.78 is 0. The number of amides is 2. The monoisotopic (exact) mass is 291 g/mol. The maximum Gasteiger partial charge on any atom is 0.325 e. The number of hydrogen-bond donors (Lipinski definition) is 4. The Morgan fingerprint density at radius 1 is 1.16 bits per heavy atom. The van der Waals surface area contributed by atoms with Crippen LogP contribution in [0.5, 0.6) is 0 Å². The maximum absolute atomic E-state index is 11.7. The molecule has 110 valence electrons. The van der Waals surface area contributed by atoms with Crippen LogP contribution in [0, 0.1) is 0 Å². The molecule has 0 bridgehead atoms. The first-order chi connectivity index (χ1) is 8.79. The van der Waals surface area contributed by atoms with Crippen molar-refractivity contribution in [2.45, 2.75) is 38.4 Å². The third kappa shape index (κ3) is 7.08. The molecule has 0 aromatic rings. The van der Waals surface area contributed by atoms with Crippen LogP contribution in [0.25, 0.3) is 0 Å². The molecule has 0 spiro atoms. The molecule has 2 amide bonds. The summed E-state index contributed by atoms with van der Waals surface area (Å²) in [5.74, 6) is -2.08. The molecular formula is C11H22N3O4P. The molecule has 7 nitrogen and oxygen atoms in total. The molecule has 19 heavy (non-hydrogen) atoms. The van der Waals surface area contributed by atoms with Crippen molar-refractivity contribution in [1.29, 1.82) is 0 Å². The molecule has 0 aliphatic carbocycles. The topological polar surface area (TPSA) is 122 Å². The lowest BCUT2D eigenvalue weighted by atomic mass is 10.2. The van der Waals surface area contributed by atoms with Crippen molar-refractivity contribution >= 4 is 26.4 Å². The van der Waals surface area contributed by atoms with Gasteiger partial charge in [0.05, 0.1) is 6.04 Å². The lowest BCUT2D eigenvalue weighted by molar-refractivity contribution is -0.141. The number of hydrogen-bond acceptors (Lipinski definition) is 4. The van der Waals surface area contributed by atoms with Gasteiger partial charge in [-0.15, -0.1) is 8.58 Å². The van der Waals surface area contributed by atoms with E-state index in [1.54, 1.807) is 0 Å². The SMILES string of the molecule is CPCC[C@H](N)C(=O)N[C@@H](C)C(=O)N[C@@H](C)C(=O)O. The standard InChI is InChI=1S/C11H22N3O4P/c1-6(9(15)14-7(2)11(17)18)13-10(16)8(12)4-5-19-3/h6-8,19H,4-5,12H2,1-3H3,(H,13,16)(H,14,15)(H,17,18)/t6-,7-,8-/m0/s1. The van der Waals surface area contributed by atoms with E-state index in [0.29, 0.717) is 6.42 Å². The van der Waals surface area contributed by atoms with E-state index in [0.717, 1.165) is 14.7 Å². The number of rotatable bonds is 8. The average Bonchev–Trinajstić information content (AvgIpc) is 2.35. The zero-order chi connectivity index (χ0) is 15.0. The fraction of sp³-hybridized carbons (Fsp3) is 0.727. The van der Waals surface area contributed by atoms with E-state index in [2.05, 4.69) is 10.6 Å². The molecule has 0 aromatic heterocycles. The number of aliphatic carboxylic acids is 1. The highest BCUT2D eigenvalue weighted by molar-refractivity contribution is 7.36. The highest BCUT2D eigenvalue weighted by atomic mass is 31.1. The van der Waals surface area contributed by atoms with E-state index in [1.165, 1.54) is 13.8 Å². The molecule has 0 saturated carbocycles. The number of carboxylic acids is 1. The van der Waals surface area contributed by atoms with Crippen LogP contribution in [0.3, 0.4) is 0 Å². The quantitative estimate of drug-likeness (QED) is 0.432. The molecule has 8 heteroatoms. The molecule has 5 N–H and O–H groups in total. The summed E-state index contributed by atoms with van der Waals surface area (Å²) in [6.07, 6.45) is 1.44. The number of carbonyl (C=O) groups is 3. The highest BCUT2D eigenvalue weighted by Gasteiger charge is 2.22. The smallest absolute Gasteiger partial charge is 0.325 e. The van der Waals surface area contributed by atoms with Crippen molar-refractivity contribution in [3.05, 3.63) is 0 Å². The Labute approximate surface area is 114 Å². The summed E-state index contributed by atoms with van der Waals surface area (Å²) in [7, 11) is 0.724. The van der Waals surface area contributed by atoms with Gasteiger partial charge >= 0.3 is 5.97 Å². The molecule has 0 radical (unpaired) electrons. The van der Waals surface area contributed by atoms with Crippen molar-refractivity contribution in [3.63, 3.8) is 0 Å². The minimum Gasteiger partial charge on any atom is -0.480 e. The van der Waals surface area contributed by atoms with Crippen LogP contribution in [0.15, 0.2) is 0 Å². The molecule has 0 aliphatic heterocycles. The van der Waals surface area contributed by atoms with Crippen molar-refractivity contribution in [2.24, 2.45) is 5.73 Å². The summed E-state index contributed by atoms with van der Waals surface area (Å²) in [5.41, 5.74) is 5.67. The van der Waals surface area contributed by atoms with E-state index in [-0.39, 0.29) is 0 Å². The third-order valence-electron chi connectivity index (χ3n) is 2.52. The molecule has 0 fully saturated rings. The molecule has 1 unspecified atom stereocenters. The van der Waals surface area contributed by atoms with Crippen LogP contribution >= 0.6 is 8.58 Å². The molecular weight excluding hydrogens is 269 g/mol. The minimum absolute atomic E-state index is 0.399. The van der Waals surface area contributed by atoms with Gasteiger partial charge < -0.3 is 21.5 Å². The van der Waals surface area contributed by atoms with Gasteiger partial charge in [0.15, 0.2) is 0 Å². The Hall–Kier alpha value is -1.20. The predicted molar refractivity (Wildman–Crippen MR) is 74.5 cm³/mol. The van der Waals surface area contributed by atoms with Crippen LogP contribution in [-0.2, 0) is 14.4 Å². The van der Waals surface area contributed by atoms with Gasteiger partial charge in [0.2, 0.25) is 11.8 Å². The lowest BCUT2D eigenvalue weighted by Crippen LogP contribution is -2.52. The van der Waals surface area contributed by atoms with Crippen LogP contribution in [0.2, 0.25) is 0 Å². The van der Waals surface area contributed by atoms with Gasteiger partial charge in [-0.25, -0.2) is 0 Å². The van der Waals surface area contributed by atoms with Crippen LogP contribution in [0.1, 0.15) is 20.3 Å². The number of nitrogens with one attached hydrogen (secondary N) is 2. The second-order valence-corrected chi connectivity index (χ2v) is 5.50. The normalized spacial score (nSPS) is 15.8. The Kier molecular flexibility index (Phi) is 8.27. The first-order valence-electron chi connectivity index (χ1n) is 6.03. The van der Waals surface area contributed by atoms with Crippen molar-refractivity contribution in [2.75, 3.05) is 12.8 Å². The summed E-state index contributed by atoms with van der Waals surface area (Å²) in [6, 6.07) is -2.45. The first kappa shape index (κ1) is 17.8. The average molecular weight is 291 g/mol. The van der Waals surface area contributed by atoms with Gasteiger partial charge in [-0.05, 0) is 33.1 Å². The number of nitrogens with two attached hydrogens (primary N) is 1. The van der Waals surface area contributed by atoms with E-state index < -0.39 is 35.9 Å². The largest absolute Gasteiger partial charge is 0.480 e. The Bertz CT molecular complexity index is 338. The zero-order valence-corrected chi connectivity index (χ0v) is 12.4. The first-order valence-corrected chi connectivity index (χ1v) is 7.74. The van der Waals surface area contributed by atoms with E-state index in [4.69, 9.17) is 10.8 Å². The molecule has 0 rings (SSSR count). The maximum atomic E-state index is 11.7. The van der Waals surface area contributed by atoms with E-state index in [1.807, 2.05) is 6.66 Å². The van der Waals surface area contributed by atoms with Crippen molar-refractivity contribution < 1.29 is 19.5 Å². The molecule has 0 aromatic carbocycles. The van der Waals surface area contributed by atoms with Gasteiger partial charge in [0, 0.05) is 0 Å². The number of carboxylic acid groups (broad SMARTS) is 1. The minimum atomic E-state index is -1.13. The van der Waals surface area contributed by atoms with Crippen molar-refractivity contribution in [1.82, 2.24) is 10.6 Å². The van der Waals surface area contributed by atoms with Gasteiger partial charge in [-0.2, -0.15) is 0 Å². The lowest BCUT2D eigenvalue weighted by Gasteiger charge is -2.18. The number of carbonyl (C=O) groups excluding carboxylic acids is 2. The Morgan fingerprint density at radius 2 is 1.68 bits per heavy atom. The molecule has 4 atom stereocenters. The van der Waals surface area contributed by atoms with Gasteiger partial charge in [-0.3, -0.25) is 14.4 Å². The summed E-state index contributed by atoms with van der Waals surface area (Å²) in [5, 5.41) is 13.4. The van der Waals surface area contributed by atoms with Crippen LogP contribution < -0.4 is 16.4 Å². The zero-order valence-electron chi connectivity index (χ0n) is 11.4. The summed E-state index contributed by atoms with van der Waals surface area (Å²) >= 11 is 0. The van der Waals surface area contributed by atoms with Crippen LogP contribution in [0.4, 0.5) is 0 Å². The summed E-state index contributed by atoms with van der Waals surface area (Å²) in [6.45, 7) is 4.85. The molecule has 0 saturated heterocycles. The molecule has 0 aliphatic rings. The highest BCUT2D eigenvalue weighted by Crippen LogP contribution is 2.05. The van der Waals surface area contributed by atoms with Gasteiger partial charge in [0.1, 0.15) is 12.1 Å². The second-order valence-electron chi connectivity index (χ2n) is 4.30. The molecule has 0 heterocycles. The van der Waals surface area contributed by atoms with Gasteiger partial charge in [0.25, 0.3) is 0 Å². The third-order valence-corrected chi connectivity index (χ3v) is 3.31. The predicted octanol–water partition coefficient (Wildman–Crippen LogP) is -0.894. The fourth-order valence-corrected chi connectivity index (χ4v) is 1.82. The van der Waals surface area contributed by atoms with Gasteiger partial charge in [-0.1, -0.05) is 0 Å². The summed E-state index contributed by atoms with van der Waals surface area (Å²) in [4.78, 5) is 33.8. The Morgan fingerprint density at radius 3 is 2.16 bits per heavy atom. The van der Waals surface area contributed by atoms with Crippen molar-refractivity contribution in [3.8, 4) is 0 Å². The van der Waals surface area contributed by atoms with E-state index >= 15 is 0 Å².